The number of piperazine rings is 1. The van der Waals surface area contributed by atoms with Crippen molar-refractivity contribution in [1.82, 2.24) is 35.4 Å². The Morgan fingerprint density at radius 1 is 0.900 bits per heavy atom. The SMILES string of the molecule is C#Cc1c(F)ccc2cc(O)cc(-c3ncc4c(N5CC6CC(C5)N6)nc(OCC5(CN6CCC7(CC6)CC(N6CCC(c8ccc(NC9%10CC(C9)C(=O)NC%10=O)cc8F)CC6)C7)CC5)nc4c3F)c12. The number of pyridine rings is 1. The molecule has 10 aliphatic rings. The third kappa shape index (κ3) is 7.44. The van der Waals surface area contributed by atoms with E-state index in [1.807, 2.05) is 12.1 Å². The van der Waals surface area contributed by atoms with Gasteiger partial charge in [0.1, 0.15) is 40.0 Å². The number of terminal acetylenes is 1. The summed E-state index contributed by atoms with van der Waals surface area (Å²) in [5.74, 6) is 0.736. The van der Waals surface area contributed by atoms with E-state index in [4.69, 9.17) is 21.1 Å². The van der Waals surface area contributed by atoms with Crippen LogP contribution in [0.3, 0.4) is 0 Å². The van der Waals surface area contributed by atoms with Gasteiger partial charge in [-0.25, -0.2) is 13.2 Å². The van der Waals surface area contributed by atoms with Crippen molar-refractivity contribution >= 4 is 45.0 Å². The van der Waals surface area contributed by atoms with E-state index in [0.29, 0.717) is 78.4 Å². The lowest BCUT2D eigenvalue weighted by molar-refractivity contribution is -0.149. The fourth-order valence-corrected chi connectivity index (χ4v) is 13.4. The van der Waals surface area contributed by atoms with Crippen LogP contribution in [-0.2, 0) is 9.59 Å². The van der Waals surface area contributed by atoms with Crippen molar-refractivity contribution in [3.63, 3.8) is 0 Å². The number of phenolic OH excluding ortho intramolecular Hbond substituents is 1. The number of phenols is 1. The molecule has 4 bridgehead atoms. The lowest BCUT2D eigenvalue weighted by atomic mass is 9.59. The minimum atomic E-state index is -0.820. The number of imide groups is 1. The summed E-state index contributed by atoms with van der Waals surface area (Å²) in [6.45, 7) is 6.77. The van der Waals surface area contributed by atoms with Crippen molar-refractivity contribution < 1.29 is 32.6 Å². The molecule has 15 rings (SSSR count). The highest BCUT2D eigenvalue weighted by Crippen LogP contribution is 2.54. The summed E-state index contributed by atoms with van der Waals surface area (Å²) in [6, 6.07) is 12.1. The van der Waals surface area contributed by atoms with E-state index < -0.39 is 17.2 Å². The third-order valence-electron chi connectivity index (χ3n) is 17.7. The average molecular weight is 952 g/mol. The van der Waals surface area contributed by atoms with Crippen LogP contribution in [-0.4, -0.2) is 118 Å². The second-order valence-corrected chi connectivity index (χ2v) is 22.2. The average Bonchev–Trinajstić information content (AvgIpc) is 4.10. The maximum Gasteiger partial charge on any atom is 0.319 e. The largest absolute Gasteiger partial charge is 0.508 e. The molecule has 0 radical (unpaired) electrons. The van der Waals surface area contributed by atoms with E-state index in [1.165, 1.54) is 56.0 Å². The molecule has 70 heavy (non-hydrogen) atoms. The Labute approximate surface area is 403 Å². The molecule has 13 nitrogen and oxygen atoms in total. The number of aromatic hydroxyl groups is 1. The van der Waals surface area contributed by atoms with Gasteiger partial charge in [-0.1, -0.05) is 18.1 Å². The zero-order chi connectivity index (χ0) is 47.7. The number of ether oxygens (including phenoxy) is 1. The number of piperidine rings is 5. The summed E-state index contributed by atoms with van der Waals surface area (Å²) in [7, 11) is 0. The molecular weight excluding hydrogens is 896 g/mol. The van der Waals surface area contributed by atoms with Crippen LogP contribution in [0.15, 0.2) is 48.7 Å². The van der Waals surface area contributed by atoms with Gasteiger partial charge in [-0.2, -0.15) is 9.97 Å². The van der Waals surface area contributed by atoms with Crippen LogP contribution in [0.5, 0.6) is 11.8 Å². The topological polar surface area (TPSA) is 148 Å². The highest BCUT2D eigenvalue weighted by molar-refractivity contribution is 6.08. The van der Waals surface area contributed by atoms with Crippen LogP contribution in [0.2, 0.25) is 0 Å². The quantitative estimate of drug-likeness (QED) is 0.0799. The molecule has 3 aliphatic carbocycles. The second-order valence-electron chi connectivity index (χ2n) is 22.2. The van der Waals surface area contributed by atoms with Gasteiger partial charge in [0.25, 0.3) is 5.91 Å². The number of hydrogen-bond acceptors (Lipinski definition) is 12. The van der Waals surface area contributed by atoms with Crippen LogP contribution < -0.4 is 25.6 Å². The molecule has 5 aromatic rings. The third-order valence-corrected chi connectivity index (χ3v) is 17.7. The molecule has 2 atom stereocenters. The van der Waals surface area contributed by atoms with E-state index in [9.17, 15) is 14.7 Å². The number of rotatable bonds is 11. The lowest BCUT2D eigenvalue weighted by Crippen LogP contribution is -2.69. The zero-order valence-corrected chi connectivity index (χ0v) is 39.0. The van der Waals surface area contributed by atoms with Crippen molar-refractivity contribution in [3.8, 4) is 35.4 Å². The summed E-state index contributed by atoms with van der Waals surface area (Å²) in [4.78, 5) is 46.0. The Hall–Kier alpha value is -6.02. The van der Waals surface area contributed by atoms with Crippen molar-refractivity contribution in [3.05, 3.63) is 77.2 Å². The number of anilines is 2. The van der Waals surface area contributed by atoms with E-state index >= 15 is 13.2 Å². The Morgan fingerprint density at radius 2 is 1.66 bits per heavy atom. The van der Waals surface area contributed by atoms with Gasteiger partial charge in [-0.05, 0) is 149 Å². The maximum absolute atomic E-state index is 17.1. The maximum atomic E-state index is 17.1. The summed E-state index contributed by atoms with van der Waals surface area (Å²) >= 11 is 0. The molecule has 3 aromatic carbocycles. The number of amides is 2. The molecule has 9 heterocycles. The van der Waals surface area contributed by atoms with Gasteiger partial charge in [0, 0.05) is 71.9 Å². The standard InChI is InChI=1S/C54H56F3N9O4/c1-2-38-42(55)6-3-31-17-37(67)20-40(44(31)38)46-45(57)47-41(25-58-46)48(66-26-34-18-35(27-66)59-34)61-51(60-47)70-29-53(9-10-53)28-64-15-11-52(12-16-64)23-36(24-52)65-13-7-30(8-14-65)39-5-4-33(19-43(39)56)63-54-21-32(22-54)49(68)62-50(54)69/h1,3-6,17,19-20,25,30,32,34-36,59,63,67H,7-16,18,21-24,26-29H2,(H,62,68,69). The summed E-state index contributed by atoms with van der Waals surface area (Å²) in [5, 5.41) is 21.1. The molecule has 2 unspecified atom stereocenters. The van der Waals surface area contributed by atoms with Gasteiger partial charge in [0.2, 0.25) is 5.91 Å². The van der Waals surface area contributed by atoms with Crippen molar-refractivity contribution in [1.29, 1.82) is 0 Å². The number of fused-ring (bicyclic) bond motifs is 6. The fourth-order valence-electron chi connectivity index (χ4n) is 13.4. The van der Waals surface area contributed by atoms with Crippen LogP contribution in [0.4, 0.5) is 24.7 Å². The van der Waals surface area contributed by atoms with Crippen molar-refractivity contribution in [2.75, 3.05) is 62.6 Å². The van der Waals surface area contributed by atoms with E-state index in [0.717, 1.165) is 70.4 Å². The smallest absolute Gasteiger partial charge is 0.319 e. The lowest BCUT2D eigenvalue weighted by Gasteiger charge is -2.56. The van der Waals surface area contributed by atoms with Crippen LogP contribution >= 0.6 is 0 Å². The van der Waals surface area contributed by atoms with Crippen LogP contribution in [0.1, 0.15) is 87.7 Å². The molecule has 7 saturated heterocycles. The monoisotopic (exact) mass is 951 g/mol. The van der Waals surface area contributed by atoms with Gasteiger partial charge in [0.15, 0.2) is 5.82 Å². The Kier molecular flexibility index (Phi) is 10.2. The first kappa shape index (κ1) is 44.0. The summed E-state index contributed by atoms with van der Waals surface area (Å²) < 4.78 is 54.1. The molecule has 3 saturated carbocycles. The Morgan fingerprint density at radius 3 is 2.36 bits per heavy atom. The van der Waals surface area contributed by atoms with E-state index in [-0.39, 0.29) is 74.4 Å². The first-order valence-corrected chi connectivity index (χ1v) is 25.2. The number of likely N-dealkylation sites (tertiary alicyclic amines) is 2. The van der Waals surface area contributed by atoms with Gasteiger partial charge in [-0.15, -0.1) is 6.42 Å². The minimum absolute atomic E-state index is 0.0336. The number of nitrogens with one attached hydrogen (secondary N) is 3. The highest BCUT2D eigenvalue weighted by atomic mass is 19.1. The zero-order valence-electron chi connectivity index (χ0n) is 39.0. The molecule has 4 N–H and O–H groups in total. The second kappa shape index (κ2) is 16.3. The molecule has 1 spiro atoms. The minimum Gasteiger partial charge on any atom is -0.508 e. The van der Waals surface area contributed by atoms with Gasteiger partial charge < -0.3 is 35.2 Å². The van der Waals surface area contributed by atoms with Crippen molar-refractivity contribution in [2.24, 2.45) is 16.7 Å². The molecular formula is C54H56F3N9O4. The predicted molar refractivity (Wildman–Crippen MR) is 258 cm³/mol. The first-order valence-electron chi connectivity index (χ1n) is 25.2. The number of hydrogen-bond donors (Lipinski definition) is 4. The van der Waals surface area contributed by atoms with Gasteiger partial charge in [-0.3, -0.25) is 19.9 Å². The number of aromatic nitrogens is 3. The van der Waals surface area contributed by atoms with Crippen molar-refractivity contribution in [2.45, 2.75) is 100 Å². The predicted octanol–water partition coefficient (Wildman–Crippen LogP) is 7.00. The summed E-state index contributed by atoms with van der Waals surface area (Å²) in [5.41, 5.74) is 0.915. The number of carbonyl (C=O) groups excluding carboxylic acids is 2. The Balaban J connectivity index is 0.639. The number of benzene rings is 3. The van der Waals surface area contributed by atoms with E-state index in [1.54, 1.807) is 6.20 Å². The number of halogens is 3. The molecule has 362 valence electrons. The van der Waals surface area contributed by atoms with Gasteiger partial charge in [0.05, 0.1) is 17.6 Å². The molecule has 2 amide bonds. The first-order chi connectivity index (χ1) is 33.8. The molecule has 2 aromatic heterocycles. The van der Waals surface area contributed by atoms with Crippen LogP contribution in [0, 0.1) is 46.5 Å². The van der Waals surface area contributed by atoms with Crippen LogP contribution in [0.25, 0.3) is 32.9 Å². The van der Waals surface area contributed by atoms with E-state index in [2.05, 4.69) is 41.6 Å². The Bertz CT molecular complexity index is 3020. The normalized spacial score (nSPS) is 27.1. The fraction of sp³-hybridized carbons (Fsp3) is 0.500. The summed E-state index contributed by atoms with van der Waals surface area (Å²) in [6.07, 6.45) is 18.0. The highest BCUT2D eigenvalue weighted by Gasteiger charge is 2.58. The molecule has 7 aliphatic heterocycles. The number of carbonyl (C=O) groups is 2. The van der Waals surface area contributed by atoms with Gasteiger partial charge >= 0.3 is 6.01 Å². The molecule has 16 heteroatoms. The number of nitrogens with zero attached hydrogens (tertiary/aromatic N) is 6. The molecule has 10 fully saturated rings.